The highest BCUT2D eigenvalue weighted by atomic mass is 28.3. The van der Waals surface area contributed by atoms with Crippen LogP contribution in [0, 0.1) is 0 Å². The van der Waals surface area contributed by atoms with E-state index in [2.05, 4.69) is 120 Å². The number of hydrogen-bond donors (Lipinski definition) is 0. The first kappa shape index (κ1) is 15.8. The van der Waals surface area contributed by atoms with Gasteiger partial charge in [-0.3, -0.25) is 0 Å². The van der Waals surface area contributed by atoms with Crippen molar-refractivity contribution in [3.05, 3.63) is 73.3 Å². The summed E-state index contributed by atoms with van der Waals surface area (Å²) < 4.78 is 9.16. The summed E-state index contributed by atoms with van der Waals surface area (Å²) in [4.78, 5) is 0. The third-order valence-corrected chi connectivity index (χ3v) is 10.5. The van der Waals surface area contributed by atoms with Crippen molar-refractivity contribution in [2.45, 2.75) is 0 Å². The molecule has 0 aromatic carbocycles. The average Bonchev–Trinajstić information content (AvgIpc) is 3.35. The van der Waals surface area contributed by atoms with Crippen LogP contribution in [0.4, 0.5) is 0 Å². The zero-order valence-electron chi connectivity index (χ0n) is 15.2. The molecule has 4 nitrogen and oxygen atoms in total. The van der Waals surface area contributed by atoms with E-state index >= 15 is 0 Å². The van der Waals surface area contributed by atoms with E-state index in [4.69, 9.17) is 0 Å². The van der Waals surface area contributed by atoms with E-state index in [0.29, 0.717) is 0 Å². The van der Waals surface area contributed by atoms with Gasteiger partial charge in [0, 0.05) is 74.2 Å². The highest BCUT2D eigenvalue weighted by molar-refractivity contribution is 7.18. The summed E-state index contributed by atoms with van der Waals surface area (Å²) >= 11 is 0. The summed E-state index contributed by atoms with van der Waals surface area (Å²) in [5.41, 5.74) is 0. The highest BCUT2D eigenvalue weighted by Crippen LogP contribution is 2.10. The molecule has 25 heavy (non-hydrogen) atoms. The second kappa shape index (κ2) is 5.70. The smallest absolute Gasteiger partial charge is 0.252 e. The molecule has 0 saturated heterocycles. The van der Waals surface area contributed by atoms with Gasteiger partial charge < -0.3 is 18.3 Å². The first-order chi connectivity index (χ1) is 12.1. The number of aryl methyl sites for hydroxylation is 4. The fourth-order valence-corrected chi connectivity index (χ4v) is 9.56. The lowest BCUT2D eigenvalue weighted by atomic mass is 10.6. The number of hydrogen-bond acceptors (Lipinski definition) is 0. The van der Waals surface area contributed by atoms with Gasteiger partial charge in [-0.2, -0.15) is 0 Å². The van der Waals surface area contributed by atoms with Gasteiger partial charge in [-0.25, -0.2) is 0 Å². The van der Waals surface area contributed by atoms with Gasteiger partial charge >= 0.3 is 0 Å². The maximum absolute atomic E-state index is 2.42. The summed E-state index contributed by atoms with van der Waals surface area (Å²) in [7, 11) is 6.22. The molecule has 4 heterocycles. The van der Waals surface area contributed by atoms with Crippen molar-refractivity contribution >= 4 is 29.3 Å². The largest absolute Gasteiger partial charge is 0.357 e. The van der Waals surface area contributed by atoms with Crippen molar-refractivity contribution in [3.63, 3.8) is 0 Å². The topological polar surface area (TPSA) is 19.7 Å². The Morgan fingerprint density at radius 2 is 0.720 bits per heavy atom. The molecule has 0 amide bonds. The molecule has 0 aliphatic heterocycles. The number of rotatable bonds is 4. The van der Waals surface area contributed by atoms with Crippen LogP contribution < -0.4 is 21.3 Å². The first-order valence-electron chi connectivity index (χ1n) is 8.54. The molecule has 0 bridgehead atoms. The fourth-order valence-electron chi connectivity index (χ4n) is 4.19. The molecule has 5 heteroatoms. The Morgan fingerprint density at radius 3 is 0.880 bits per heavy atom. The van der Waals surface area contributed by atoms with Crippen molar-refractivity contribution in [2.75, 3.05) is 0 Å². The highest BCUT2D eigenvalue weighted by Gasteiger charge is 2.48. The molecule has 0 aliphatic carbocycles. The molecule has 4 rings (SSSR count). The standard InChI is InChI=1S/C20H24N4Si/c1-21-13-5-9-17(21)25(18-10-6-14-22(18)2,19-11-7-15-23(19)3)20-12-8-16-24(20)4/h5-16H,1-4H3. The summed E-state index contributed by atoms with van der Waals surface area (Å²) in [6.07, 6.45) is 8.63. The van der Waals surface area contributed by atoms with Crippen LogP contribution in [0.3, 0.4) is 0 Å². The Balaban J connectivity index is 2.21. The van der Waals surface area contributed by atoms with Crippen LogP contribution in [0.15, 0.2) is 73.3 Å². The van der Waals surface area contributed by atoms with Gasteiger partial charge in [-0.1, -0.05) is 0 Å². The lowest BCUT2D eigenvalue weighted by Crippen LogP contribution is -2.79. The molecular weight excluding hydrogens is 324 g/mol. The molecule has 0 aliphatic rings. The minimum absolute atomic E-state index is 1.39. The lowest BCUT2D eigenvalue weighted by molar-refractivity contribution is 0.917. The number of aromatic nitrogens is 4. The van der Waals surface area contributed by atoms with Crippen LogP contribution in [-0.4, -0.2) is 26.3 Å². The molecule has 4 aromatic rings. The monoisotopic (exact) mass is 348 g/mol. The van der Waals surface area contributed by atoms with Gasteiger partial charge in [0.2, 0.25) is 0 Å². The quantitative estimate of drug-likeness (QED) is 0.476. The predicted molar refractivity (Wildman–Crippen MR) is 106 cm³/mol. The SMILES string of the molecule is Cn1cccc1[Si](c1cccn1C)(c1cccn1C)c1cccn1C. The van der Waals surface area contributed by atoms with E-state index in [-0.39, 0.29) is 0 Å². The third-order valence-electron chi connectivity index (χ3n) is 5.31. The van der Waals surface area contributed by atoms with Gasteiger partial charge in [0.05, 0.1) is 0 Å². The van der Waals surface area contributed by atoms with Gasteiger partial charge in [0.15, 0.2) is 0 Å². The Morgan fingerprint density at radius 1 is 0.480 bits per heavy atom. The summed E-state index contributed by atoms with van der Waals surface area (Å²) in [6.45, 7) is 0. The van der Waals surface area contributed by atoms with Crippen LogP contribution in [-0.2, 0) is 28.2 Å². The van der Waals surface area contributed by atoms with E-state index in [0.717, 1.165) is 0 Å². The molecule has 4 aromatic heterocycles. The van der Waals surface area contributed by atoms with Crippen molar-refractivity contribution in [3.8, 4) is 0 Å². The van der Waals surface area contributed by atoms with Gasteiger partial charge in [-0.05, 0) is 48.5 Å². The third kappa shape index (κ3) is 2.12. The van der Waals surface area contributed by atoms with Crippen molar-refractivity contribution in [2.24, 2.45) is 28.2 Å². The lowest BCUT2D eigenvalue weighted by Gasteiger charge is -2.34. The van der Waals surface area contributed by atoms with Gasteiger partial charge in [-0.15, -0.1) is 0 Å². The maximum atomic E-state index is 2.29. The van der Waals surface area contributed by atoms with Crippen LogP contribution >= 0.6 is 0 Å². The predicted octanol–water partition coefficient (Wildman–Crippen LogP) is 0.418. The average molecular weight is 349 g/mol. The first-order valence-corrected chi connectivity index (χ1v) is 10.5. The summed E-state index contributed by atoms with van der Waals surface area (Å²) in [5, 5.41) is 5.55. The molecule has 0 unspecified atom stereocenters. The Kier molecular flexibility index (Phi) is 3.61. The van der Waals surface area contributed by atoms with Crippen LogP contribution in [0.5, 0.6) is 0 Å². The molecule has 0 saturated carbocycles. The summed E-state index contributed by atoms with van der Waals surface area (Å²) in [6, 6.07) is 17.8. The summed E-state index contributed by atoms with van der Waals surface area (Å²) in [5.74, 6) is 0. The molecule has 128 valence electrons. The Bertz CT molecular complexity index is 848. The normalized spacial score (nSPS) is 12.0. The molecule has 0 N–H and O–H groups in total. The molecule has 0 fully saturated rings. The van der Waals surface area contributed by atoms with E-state index < -0.39 is 8.07 Å². The number of nitrogens with zero attached hydrogens (tertiary/aromatic N) is 4. The Labute approximate surface area is 149 Å². The van der Waals surface area contributed by atoms with E-state index in [9.17, 15) is 0 Å². The zero-order valence-corrected chi connectivity index (χ0v) is 16.2. The van der Waals surface area contributed by atoms with Gasteiger partial charge in [0.25, 0.3) is 8.07 Å². The van der Waals surface area contributed by atoms with Crippen LogP contribution in [0.25, 0.3) is 0 Å². The van der Waals surface area contributed by atoms with E-state index in [1.165, 1.54) is 21.3 Å². The van der Waals surface area contributed by atoms with Gasteiger partial charge in [0.1, 0.15) is 0 Å². The van der Waals surface area contributed by atoms with Crippen LogP contribution in [0.2, 0.25) is 0 Å². The van der Waals surface area contributed by atoms with E-state index in [1.807, 2.05) is 0 Å². The molecule has 0 spiro atoms. The van der Waals surface area contributed by atoms with Crippen LogP contribution in [0.1, 0.15) is 0 Å². The second-order valence-corrected chi connectivity index (χ2v) is 10.3. The minimum atomic E-state index is -2.42. The van der Waals surface area contributed by atoms with Crippen molar-refractivity contribution in [1.29, 1.82) is 0 Å². The fraction of sp³-hybridized carbons (Fsp3) is 0.200. The molecule has 0 atom stereocenters. The molecular formula is C20H24N4Si. The van der Waals surface area contributed by atoms with E-state index in [1.54, 1.807) is 0 Å². The van der Waals surface area contributed by atoms with Crippen molar-refractivity contribution < 1.29 is 0 Å². The maximum Gasteiger partial charge on any atom is 0.252 e. The second-order valence-electron chi connectivity index (χ2n) is 6.77. The van der Waals surface area contributed by atoms with Crippen molar-refractivity contribution in [1.82, 2.24) is 18.3 Å². The molecule has 0 radical (unpaired) electrons. The minimum Gasteiger partial charge on any atom is -0.357 e. The zero-order chi connectivity index (χ0) is 17.6. The Hall–Kier alpha value is -2.66.